The average Bonchev–Trinajstić information content (AvgIpc) is 2.67. The topological polar surface area (TPSA) is 67.2 Å². The lowest BCUT2D eigenvalue weighted by Gasteiger charge is -2.32. The van der Waals surface area contributed by atoms with Crippen LogP contribution in [0.15, 0.2) is 29.1 Å². The Morgan fingerprint density at radius 3 is 2.62 bits per heavy atom. The van der Waals surface area contributed by atoms with Gasteiger partial charge in [-0.3, -0.25) is 9.59 Å². The van der Waals surface area contributed by atoms with Gasteiger partial charge in [-0.05, 0) is 45.2 Å². The Morgan fingerprint density at radius 2 is 1.96 bits per heavy atom. The number of amides is 1. The molecule has 1 amide bonds. The Hall–Kier alpha value is -2.37. The van der Waals surface area contributed by atoms with Crippen LogP contribution < -0.4 is 15.8 Å². The molecule has 26 heavy (non-hydrogen) atoms. The minimum Gasteiger partial charge on any atom is -0.353 e. The smallest absolute Gasteiger partial charge is 0.293 e. The predicted octanol–water partition coefficient (Wildman–Crippen LogP) is 2.55. The molecule has 1 aliphatic rings. The molecule has 1 N–H and O–H groups in total. The largest absolute Gasteiger partial charge is 0.353 e. The summed E-state index contributed by atoms with van der Waals surface area (Å²) in [7, 11) is 0. The molecule has 2 heterocycles. The highest BCUT2D eigenvalue weighted by Gasteiger charge is 2.27. The number of para-hydroxylation sites is 2. The molecule has 6 heteroatoms. The molecular weight excluding hydrogens is 328 g/mol. The lowest BCUT2D eigenvalue weighted by molar-refractivity contribution is -0.126. The van der Waals surface area contributed by atoms with Gasteiger partial charge in [0, 0.05) is 31.6 Å². The number of benzene rings is 1. The van der Waals surface area contributed by atoms with Gasteiger partial charge in [-0.2, -0.15) is 0 Å². The van der Waals surface area contributed by atoms with Crippen LogP contribution in [0.3, 0.4) is 0 Å². The van der Waals surface area contributed by atoms with Gasteiger partial charge in [0.05, 0.1) is 11.0 Å². The Labute approximate surface area is 154 Å². The van der Waals surface area contributed by atoms with Crippen molar-refractivity contribution in [1.29, 1.82) is 0 Å². The van der Waals surface area contributed by atoms with E-state index in [4.69, 9.17) is 0 Å². The van der Waals surface area contributed by atoms with Crippen LogP contribution in [0, 0.1) is 5.92 Å². The maximum atomic E-state index is 12.9. The molecule has 1 fully saturated rings. The van der Waals surface area contributed by atoms with Crippen molar-refractivity contribution in [2.45, 2.75) is 52.6 Å². The Morgan fingerprint density at radius 1 is 1.27 bits per heavy atom. The molecule has 0 saturated carbocycles. The summed E-state index contributed by atoms with van der Waals surface area (Å²) in [5.74, 6) is 0.664. The lowest BCUT2D eigenvalue weighted by Crippen LogP contribution is -2.44. The van der Waals surface area contributed by atoms with Crippen molar-refractivity contribution in [2.24, 2.45) is 5.92 Å². The van der Waals surface area contributed by atoms with E-state index in [1.54, 1.807) is 4.57 Å². The van der Waals surface area contributed by atoms with Gasteiger partial charge in [-0.15, -0.1) is 0 Å². The van der Waals surface area contributed by atoms with Crippen molar-refractivity contribution < 1.29 is 4.79 Å². The minimum absolute atomic E-state index is 0.0223. The van der Waals surface area contributed by atoms with Crippen molar-refractivity contribution in [2.75, 3.05) is 18.0 Å². The fraction of sp³-hybridized carbons (Fsp3) is 0.550. The number of fused-ring (bicyclic) bond motifs is 1. The Kier molecular flexibility index (Phi) is 5.59. The second-order valence-electron chi connectivity index (χ2n) is 7.05. The number of hydrogen-bond donors (Lipinski definition) is 1. The second kappa shape index (κ2) is 7.89. The number of hydrogen-bond acceptors (Lipinski definition) is 4. The molecule has 140 valence electrons. The first-order valence-corrected chi connectivity index (χ1v) is 9.60. The fourth-order valence-corrected chi connectivity index (χ4v) is 3.52. The van der Waals surface area contributed by atoms with E-state index in [0.717, 1.165) is 30.3 Å². The molecule has 3 rings (SSSR count). The van der Waals surface area contributed by atoms with Gasteiger partial charge in [0.15, 0.2) is 5.82 Å². The molecule has 1 unspecified atom stereocenters. The van der Waals surface area contributed by atoms with Gasteiger partial charge >= 0.3 is 0 Å². The van der Waals surface area contributed by atoms with E-state index in [0.29, 0.717) is 25.5 Å². The molecular formula is C20H28N4O2. The zero-order chi connectivity index (χ0) is 18.7. The summed E-state index contributed by atoms with van der Waals surface area (Å²) >= 11 is 0. The molecule has 1 aromatic carbocycles. The third-order valence-corrected chi connectivity index (χ3v) is 5.32. The van der Waals surface area contributed by atoms with E-state index < -0.39 is 0 Å². The van der Waals surface area contributed by atoms with Crippen molar-refractivity contribution >= 4 is 22.8 Å². The van der Waals surface area contributed by atoms with Crippen LogP contribution in [0.4, 0.5) is 5.82 Å². The van der Waals surface area contributed by atoms with E-state index in [1.165, 1.54) is 0 Å². The number of aromatic nitrogens is 2. The zero-order valence-electron chi connectivity index (χ0n) is 15.9. The van der Waals surface area contributed by atoms with Gasteiger partial charge in [-0.25, -0.2) is 4.98 Å². The summed E-state index contributed by atoms with van der Waals surface area (Å²) in [6, 6.07) is 7.95. The summed E-state index contributed by atoms with van der Waals surface area (Å²) in [5, 5.41) is 3.07. The summed E-state index contributed by atoms with van der Waals surface area (Å²) in [5.41, 5.74) is 1.65. The van der Waals surface area contributed by atoms with Crippen molar-refractivity contribution in [1.82, 2.24) is 14.9 Å². The lowest BCUT2D eigenvalue weighted by atomic mass is 9.95. The highest BCUT2D eigenvalue weighted by Crippen LogP contribution is 2.22. The van der Waals surface area contributed by atoms with Gasteiger partial charge < -0.3 is 14.8 Å². The molecule has 1 aliphatic heterocycles. The van der Waals surface area contributed by atoms with Crippen molar-refractivity contribution in [3.05, 3.63) is 34.6 Å². The second-order valence-corrected chi connectivity index (χ2v) is 7.05. The van der Waals surface area contributed by atoms with Crippen LogP contribution in [-0.4, -0.2) is 34.6 Å². The first-order valence-electron chi connectivity index (χ1n) is 9.60. The highest BCUT2D eigenvalue weighted by atomic mass is 16.2. The molecule has 1 atom stereocenters. The van der Waals surface area contributed by atoms with E-state index in [-0.39, 0.29) is 23.4 Å². The van der Waals surface area contributed by atoms with E-state index in [2.05, 4.69) is 17.2 Å². The van der Waals surface area contributed by atoms with Gasteiger partial charge in [-0.1, -0.05) is 19.1 Å². The molecule has 2 aromatic rings. The van der Waals surface area contributed by atoms with Crippen molar-refractivity contribution in [3.63, 3.8) is 0 Å². The van der Waals surface area contributed by atoms with Crippen LogP contribution in [0.2, 0.25) is 0 Å². The number of anilines is 1. The van der Waals surface area contributed by atoms with Crippen LogP contribution in [0.1, 0.15) is 40.0 Å². The molecule has 0 bridgehead atoms. The SMILES string of the molecule is CCC(C)NC(=O)C1CCN(c2nc3ccccc3n(CC)c2=O)CC1. The van der Waals surface area contributed by atoms with Crippen LogP contribution in [0.5, 0.6) is 0 Å². The number of aryl methyl sites for hydroxylation is 1. The Balaban J connectivity index is 1.79. The number of nitrogens with one attached hydrogen (secondary N) is 1. The van der Waals surface area contributed by atoms with Crippen LogP contribution in [-0.2, 0) is 11.3 Å². The number of rotatable bonds is 5. The van der Waals surface area contributed by atoms with E-state index in [1.807, 2.05) is 43.0 Å². The molecule has 1 saturated heterocycles. The summed E-state index contributed by atoms with van der Waals surface area (Å²) < 4.78 is 1.78. The standard InChI is InChI=1S/C20H28N4O2/c1-4-14(3)21-19(25)15-10-12-23(13-11-15)18-20(26)24(5-2)17-9-7-6-8-16(17)22-18/h6-9,14-15H,4-5,10-13H2,1-3H3,(H,21,25). The average molecular weight is 356 g/mol. The summed E-state index contributed by atoms with van der Waals surface area (Å²) in [6.45, 7) is 8.05. The maximum absolute atomic E-state index is 12.9. The van der Waals surface area contributed by atoms with E-state index >= 15 is 0 Å². The molecule has 0 aliphatic carbocycles. The predicted molar refractivity (Wildman–Crippen MR) is 105 cm³/mol. The molecule has 0 radical (unpaired) electrons. The third kappa shape index (κ3) is 3.59. The van der Waals surface area contributed by atoms with E-state index in [9.17, 15) is 9.59 Å². The number of nitrogens with zero attached hydrogens (tertiary/aromatic N) is 3. The minimum atomic E-state index is -0.0475. The molecule has 0 spiro atoms. The first-order chi connectivity index (χ1) is 12.5. The van der Waals surface area contributed by atoms with Crippen LogP contribution in [0.25, 0.3) is 11.0 Å². The summed E-state index contributed by atoms with van der Waals surface area (Å²) in [4.78, 5) is 31.9. The number of carbonyl (C=O) groups excluding carboxylic acids is 1. The highest BCUT2D eigenvalue weighted by molar-refractivity contribution is 5.79. The summed E-state index contributed by atoms with van der Waals surface area (Å²) in [6.07, 6.45) is 2.44. The monoisotopic (exact) mass is 356 g/mol. The molecule has 1 aromatic heterocycles. The number of carbonyl (C=O) groups is 1. The maximum Gasteiger partial charge on any atom is 0.293 e. The van der Waals surface area contributed by atoms with Gasteiger partial charge in [0.25, 0.3) is 5.56 Å². The third-order valence-electron chi connectivity index (χ3n) is 5.32. The number of piperidine rings is 1. The fourth-order valence-electron chi connectivity index (χ4n) is 3.52. The normalized spacial score (nSPS) is 16.7. The van der Waals surface area contributed by atoms with Gasteiger partial charge in [0.1, 0.15) is 0 Å². The Bertz CT molecular complexity index is 837. The van der Waals surface area contributed by atoms with Gasteiger partial charge in [0.2, 0.25) is 5.91 Å². The molecule has 6 nitrogen and oxygen atoms in total. The van der Waals surface area contributed by atoms with Crippen molar-refractivity contribution in [3.8, 4) is 0 Å². The quantitative estimate of drug-likeness (QED) is 0.894. The van der Waals surface area contributed by atoms with Crippen LogP contribution >= 0.6 is 0 Å². The zero-order valence-corrected chi connectivity index (χ0v) is 15.9. The first kappa shape index (κ1) is 18.4.